The topological polar surface area (TPSA) is 63.6 Å². The number of imidazole rings is 1. The number of hydrogen-bond acceptors (Lipinski definition) is 5. The van der Waals surface area contributed by atoms with Gasteiger partial charge in [-0.1, -0.05) is 13.8 Å². The fraction of sp³-hybridized carbons (Fsp3) is 0.438. The first-order valence-electron chi connectivity index (χ1n) is 7.74. The number of nitrogens with zero attached hydrogens (tertiary/aromatic N) is 4. The van der Waals surface area contributed by atoms with Crippen LogP contribution in [0.15, 0.2) is 16.0 Å². The zero-order valence-electron chi connectivity index (χ0n) is 13.4. The minimum Gasteiger partial charge on any atom is -0.445 e. The molecule has 1 aliphatic rings. The van der Waals surface area contributed by atoms with Gasteiger partial charge < -0.3 is 9.32 Å². The Morgan fingerprint density at radius 1 is 1.39 bits per heavy atom. The summed E-state index contributed by atoms with van der Waals surface area (Å²) in [7, 11) is 0. The van der Waals surface area contributed by atoms with Crippen LogP contribution in [-0.2, 0) is 13.0 Å². The summed E-state index contributed by atoms with van der Waals surface area (Å²) in [6.07, 6.45) is 2.61. The average molecular weight is 330 g/mol. The van der Waals surface area contributed by atoms with Gasteiger partial charge in [-0.25, -0.2) is 9.97 Å². The van der Waals surface area contributed by atoms with Gasteiger partial charge in [-0.15, -0.1) is 11.3 Å². The lowest BCUT2D eigenvalue weighted by Gasteiger charge is -2.25. The van der Waals surface area contributed by atoms with Gasteiger partial charge in [0.15, 0.2) is 10.9 Å². The smallest absolute Gasteiger partial charge is 0.273 e. The van der Waals surface area contributed by atoms with Gasteiger partial charge in [-0.05, 0) is 6.92 Å². The fourth-order valence-electron chi connectivity index (χ4n) is 2.94. The summed E-state index contributed by atoms with van der Waals surface area (Å²) in [6, 6.07) is 0. The molecule has 120 valence electrons. The Kier molecular flexibility index (Phi) is 3.26. The van der Waals surface area contributed by atoms with Crippen molar-refractivity contribution in [1.82, 2.24) is 19.3 Å². The van der Waals surface area contributed by atoms with Gasteiger partial charge in [-0.3, -0.25) is 9.20 Å². The first-order chi connectivity index (χ1) is 11.0. The molecule has 0 spiro atoms. The van der Waals surface area contributed by atoms with Gasteiger partial charge in [-0.2, -0.15) is 0 Å². The third-order valence-electron chi connectivity index (χ3n) is 4.16. The largest absolute Gasteiger partial charge is 0.445 e. The van der Waals surface area contributed by atoms with Crippen LogP contribution in [0.1, 0.15) is 53.3 Å². The molecule has 1 aliphatic heterocycles. The van der Waals surface area contributed by atoms with Crippen LogP contribution in [0.5, 0.6) is 0 Å². The van der Waals surface area contributed by atoms with Gasteiger partial charge in [0.25, 0.3) is 5.91 Å². The van der Waals surface area contributed by atoms with Crippen molar-refractivity contribution in [2.45, 2.75) is 39.7 Å². The van der Waals surface area contributed by atoms with E-state index in [1.807, 2.05) is 27.8 Å². The minimum absolute atomic E-state index is 0.00754. The van der Waals surface area contributed by atoms with E-state index in [4.69, 9.17) is 4.42 Å². The van der Waals surface area contributed by atoms with E-state index >= 15 is 0 Å². The van der Waals surface area contributed by atoms with E-state index in [1.54, 1.807) is 0 Å². The van der Waals surface area contributed by atoms with Crippen molar-refractivity contribution in [1.29, 1.82) is 0 Å². The van der Waals surface area contributed by atoms with E-state index in [2.05, 4.69) is 23.8 Å². The number of aryl methyl sites for hydroxylation is 1. The molecule has 0 unspecified atom stereocenters. The Labute approximate surface area is 137 Å². The Bertz CT molecular complexity index is 889. The van der Waals surface area contributed by atoms with E-state index in [0.29, 0.717) is 25.2 Å². The predicted molar refractivity (Wildman–Crippen MR) is 86.8 cm³/mol. The third-order valence-corrected chi connectivity index (χ3v) is 4.92. The molecule has 6 nitrogen and oxygen atoms in total. The number of hydrogen-bond donors (Lipinski definition) is 0. The number of carbonyl (C=O) groups excluding carboxylic acids is 1. The second-order valence-electron chi connectivity index (χ2n) is 6.15. The highest BCUT2D eigenvalue weighted by molar-refractivity contribution is 7.15. The van der Waals surface area contributed by atoms with Crippen molar-refractivity contribution >= 4 is 22.2 Å². The summed E-state index contributed by atoms with van der Waals surface area (Å²) >= 11 is 1.54. The summed E-state index contributed by atoms with van der Waals surface area (Å²) in [5.74, 6) is 1.94. The van der Waals surface area contributed by atoms with Crippen molar-refractivity contribution in [3.05, 3.63) is 40.3 Å². The number of carbonyl (C=O) groups is 1. The maximum absolute atomic E-state index is 13.0. The fourth-order valence-corrected chi connectivity index (χ4v) is 3.70. The molecular formula is C16H18N4O2S. The standard InChI is InChI=1S/C16H18N4O2S/c1-9(2)14-18-11-8-19(5-4-12(11)22-14)15(21)13-10(3)17-16-20(13)6-7-23-16/h6-7,9H,4-5,8H2,1-3H3. The van der Waals surface area contributed by atoms with Crippen LogP contribution in [0.3, 0.4) is 0 Å². The molecular weight excluding hydrogens is 312 g/mol. The second-order valence-corrected chi connectivity index (χ2v) is 7.03. The number of oxazole rings is 1. The molecule has 1 amide bonds. The lowest BCUT2D eigenvalue weighted by atomic mass is 10.1. The van der Waals surface area contributed by atoms with Crippen LogP contribution in [-0.4, -0.2) is 31.7 Å². The van der Waals surface area contributed by atoms with Crippen LogP contribution in [0.25, 0.3) is 4.96 Å². The number of rotatable bonds is 2. The lowest BCUT2D eigenvalue weighted by molar-refractivity contribution is 0.0720. The first-order valence-corrected chi connectivity index (χ1v) is 8.62. The molecule has 0 aliphatic carbocycles. The molecule has 23 heavy (non-hydrogen) atoms. The van der Waals surface area contributed by atoms with Crippen LogP contribution >= 0.6 is 11.3 Å². The molecule has 0 aromatic carbocycles. The Balaban J connectivity index is 1.65. The molecule has 3 aromatic heterocycles. The van der Waals surface area contributed by atoms with Crippen LogP contribution in [0.2, 0.25) is 0 Å². The van der Waals surface area contributed by atoms with Crippen molar-refractivity contribution in [3.8, 4) is 0 Å². The normalized spacial score (nSPS) is 14.7. The predicted octanol–water partition coefficient (Wildman–Crippen LogP) is 3.01. The molecule has 0 atom stereocenters. The van der Waals surface area contributed by atoms with Gasteiger partial charge in [0.1, 0.15) is 17.1 Å². The molecule has 0 radical (unpaired) electrons. The summed E-state index contributed by atoms with van der Waals surface area (Å²) in [5.41, 5.74) is 2.31. The summed E-state index contributed by atoms with van der Waals surface area (Å²) in [4.78, 5) is 24.7. The average Bonchev–Trinajstić information content (AvgIpc) is 3.18. The zero-order chi connectivity index (χ0) is 16.1. The monoisotopic (exact) mass is 330 g/mol. The number of thiazole rings is 1. The van der Waals surface area contributed by atoms with Crippen molar-refractivity contribution in [2.24, 2.45) is 0 Å². The SMILES string of the molecule is Cc1nc2sccn2c1C(=O)N1CCc2oc(C(C)C)nc2C1. The molecule has 4 rings (SSSR count). The molecule has 0 bridgehead atoms. The second kappa shape index (κ2) is 5.19. The highest BCUT2D eigenvalue weighted by atomic mass is 32.1. The quantitative estimate of drug-likeness (QED) is 0.724. The summed E-state index contributed by atoms with van der Waals surface area (Å²) in [6.45, 7) is 7.15. The maximum atomic E-state index is 13.0. The molecule has 0 fully saturated rings. The Morgan fingerprint density at radius 2 is 2.22 bits per heavy atom. The molecule has 0 saturated carbocycles. The Morgan fingerprint density at radius 3 is 3.00 bits per heavy atom. The molecule has 0 N–H and O–H groups in total. The van der Waals surface area contributed by atoms with E-state index in [1.165, 1.54) is 11.3 Å². The van der Waals surface area contributed by atoms with Crippen LogP contribution in [0.4, 0.5) is 0 Å². The molecule has 3 aromatic rings. The number of fused-ring (bicyclic) bond motifs is 2. The third kappa shape index (κ3) is 2.26. The van der Waals surface area contributed by atoms with Gasteiger partial charge >= 0.3 is 0 Å². The minimum atomic E-state index is 0.00754. The van der Waals surface area contributed by atoms with Gasteiger partial charge in [0.2, 0.25) is 0 Å². The van der Waals surface area contributed by atoms with Crippen LogP contribution in [0, 0.1) is 6.92 Å². The van der Waals surface area contributed by atoms with Crippen LogP contribution < -0.4 is 0 Å². The van der Waals surface area contributed by atoms with Gasteiger partial charge in [0, 0.05) is 30.5 Å². The van der Waals surface area contributed by atoms with Crippen molar-refractivity contribution in [3.63, 3.8) is 0 Å². The van der Waals surface area contributed by atoms with E-state index in [9.17, 15) is 4.79 Å². The number of aromatic nitrogens is 3. The molecule has 7 heteroatoms. The summed E-state index contributed by atoms with van der Waals surface area (Å²) < 4.78 is 7.68. The highest BCUT2D eigenvalue weighted by Crippen LogP contribution is 2.26. The zero-order valence-corrected chi connectivity index (χ0v) is 14.2. The van der Waals surface area contributed by atoms with Gasteiger partial charge in [0.05, 0.1) is 12.2 Å². The first kappa shape index (κ1) is 14.4. The van der Waals surface area contributed by atoms with Crippen molar-refractivity contribution in [2.75, 3.05) is 6.54 Å². The summed E-state index contributed by atoms with van der Waals surface area (Å²) in [5, 5.41) is 1.94. The number of amides is 1. The lowest BCUT2D eigenvalue weighted by Crippen LogP contribution is -2.36. The molecule has 4 heterocycles. The van der Waals surface area contributed by atoms with E-state index in [0.717, 1.165) is 28.0 Å². The Hall–Kier alpha value is -2.15. The van der Waals surface area contributed by atoms with E-state index < -0.39 is 0 Å². The highest BCUT2D eigenvalue weighted by Gasteiger charge is 2.29. The van der Waals surface area contributed by atoms with E-state index in [-0.39, 0.29) is 11.8 Å². The van der Waals surface area contributed by atoms with Crippen molar-refractivity contribution < 1.29 is 9.21 Å². The maximum Gasteiger partial charge on any atom is 0.273 e. The molecule has 0 saturated heterocycles.